The molecule has 1 aliphatic carbocycles. The van der Waals surface area contributed by atoms with Crippen LogP contribution in [-0.2, 0) is 0 Å². The van der Waals surface area contributed by atoms with Gasteiger partial charge in [0.25, 0.3) is 0 Å². The number of aromatic nitrogens is 1. The molecule has 3 rings (SSSR count). The van der Waals surface area contributed by atoms with Crippen LogP contribution in [0.5, 0.6) is 0 Å². The van der Waals surface area contributed by atoms with E-state index in [1.54, 1.807) is 0 Å². The van der Waals surface area contributed by atoms with Crippen LogP contribution in [-0.4, -0.2) is 17.6 Å². The SMILES string of the molecule is C1=C(c2cccnc2)C2CC(C1)CCN2. The lowest BCUT2D eigenvalue weighted by molar-refractivity contribution is 0.329. The summed E-state index contributed by atoms with van der Waals surface area (Å²) in [5.74, 6) is 0.914. The minimum atomic E-state index is 0.571. The Bertz CT molecular complexity index is 369. The van der Waals surface area contributed by atoms with Crippen LogP contribution >= 0.6 is 0 Å². The van der Waals surface area contributed by atoms with Crippen molar-refractivity contribution in [1.29, 1.82) is 0 Å². The highest BCUT2D eigenvalue weighted by Gasteiger charge is 2.28. The molecule has 2 nitrogen and oxygen atoms in total. The number of hydrogen-bond acceptors (Lipinski definition) is 2. The molecule has 1 aromatic heterocycles. The third-order valence-electron chi connectivity index (χ3n) is 3.55. The van der Waals surface area contributed by atoms with Gasteiger partial charge in [0, 0.05) is 18.4 Å². The lowest BCUT2D eigenvalue weighted by atomic mass is 9.79. The van der Waals surface area contributed by atoms with Gasteiger partial charge in [0.1, 0.15) is 0 Å². The summed E-state index contributed by atoms with van der Waals surface area (Å²) < 4.78 is 0. The molecule has 78 valence electrons. The van der Waals surface area contributed by atoms with Gasteiger partial charge in [-0.3, -0.25) is 4.98 Å². The summed E-state index contributed by atoms with van der Waals surface area (Å²) in [4.78, 5) is 4.20. The molecule has 1 aliphatic heterocycles. The lowest BCUT2D eigenvalue weighted by Gasteiger charge is -2.35. The van der Waals surface area contributed by atoms with Crippen LogP contribution in [0.25, 0.3) is 5.57 Å². The lowest BCUT2D eigenvalue weighted by Crippen LogP contribution is -2.40. The molecule has 2 heteroatoms. The average molecular weight is 200 g/mol. The van der Waals surface area contributed by atoms with Crippen molar-refractivity contribution in [3.8, 4) is 0 Å². The van der Waals surface area contributed by atoms with Gasteiger partial charge in [0.2, 0.25) is 0 Å². The highest BCUT2D eigenvalue weighted by molar-refractivity contribution is 5.70. The Morgan fingerprint density at radius 2 is 2.40 bits per heavy atom. The van der Waals surface area contributed by atoms with Crippen molar-refractivity contribution in [1.82, 2.24) is 10.3 Å². The summed E-state index contributed by atoms with van der Waals surface area (Å²) in [6, 6.07) is 4.75. The Morgan fingerprint density at radius 3 is 3.27 bits per heavy atom. The highest BCUT2D eigenvalue weighted by Crippen LogP contribution is 2.34. The van der Waals surface area contributed by atoms with Crippen LogP contribution < -0.4 is 5.32 Å². The molecule has 15 heavy (non-hydrogen) atoms. The average Bonchev–Trinajstić information content (AvgIpc) is 2.31. The van der Waals surface area contributed by atoms with Crippen molar-refractivity contribution in [3.63, 3.8) is 0 Å². The number of fused-ring (bicyclic) bond motifs is 2. The fraction of sp³-hybridized carbons (Fsp3) is 0.462. The Morgan fingerprint density at radius 1 is 1.40 bits per heavy atom. The number of nitrogens with one attached hydrogen (secondary N) is 1. The van der Waals surface area contributed by atoms with Crippen molar-refractivity contribution < 1.29 is 0 Å². The summed E-state index contributed by atoms with van der Waals surface area (Å²) >= 11 is 0. The Balaban J connectivity index is 1.93. The molecule has 0 spiro atoms. The maximum atomic E-state index is 4.20. The summed E-state index contributed by atoms with van der Waals surface area (Å²) in [5.41, 5.74) is 2.74. The molecule has 0 amide bonds. The van der Waals surface area contributed by atoms with Gasteiger partial charge in [-0.2, -0.15) is 0 Å². The van der Waals surface area contributed by atoms with Crippen molar-refractivity contribution in [2.75, 3.05) is 6.54 Å². The van der Waals surface area contributed by atoms with E-state index in [2.05, 4.69) is 22.4 Å². The van der Waals surface area contributed by atoms with E-state index in [1.807, 2.05) is 18.5 Å². The van der Waals surface area contributed by atoms with Crippen molar-refractivity contribution in [2.45, 2.75) is 25.3 Å². The maximum absolute atomic E-state index is 4.20. The molecule has 2 heterocycles. The van der Waals surface area contributed by atoms with Crippen molar-refractivity contribution in [3.05, 3.63) is 36.2 Å². The van der Waals surface area contributed by atoms with E-state index in [1.165, 1.54) is 36.9 Å². The second-order valence-electron chi connectivity index (χ2n) is 4.53. The van der Waals surface area contributed by atoms with Crippen molar-refractivity contribution in [2.24, 2.45) is 5.92 Å². The monoisotopic (exact) mass is 200 g/mol. The van der Waals surface area contributed by atoms with Gasteiger partial charge in [-0.15, -0.1) is 0 Å². The van der Waals surface area contributed by atoms with E-state index >= 15 is 0 Å². The number of nitrogens with zero attached hydrogens (tertiary/aromatic N) is 1. The molecule has 2 atom stereocenters. The summed E-state index contributed by atoms with van der Waals surface area (Å²) in [6.45, 7) is 1.17. The van der Waals surface area contributed by atoms with Gasteiger partial charge in [0.05, 0.1) is 0 Å². The summed E-state index contributed by atoms with van der Waals surface area (Å²) in [6.07, 6.45) is 10.1. The molecule has 0 radical (unpaired) electrons. The first-order valence-electron chi connectivity index (χ1n) is 5.77. The zero-order chi connectivity index (χ0) is 10.1. The van der Waals surface area contributed by atoms with E-state index in [-0.39, 0.29) is 0 Å². The smallest absolute Gasteiger partial charge is 0.0343 e. The Kier molecular flexibility index (Phi) is 2.29. The minimum Gasteiger partial charge on any atom is -0.310 e. The second kappa shape index (κ2) is 3.78. The van der Waals surface area contributed by atoms with E-state index in [0.717, 1.165) is 5.92 Å². The molecular formula is C13H16N2. The van der Waals surface area contributed by atoms with Gasteiger partial charge < -0.3 is 5.32 Å². The molecule has 2 aliphatic rings. The van der Waals surface area contributed by atoms with E-state index in [0.29, 0.717) is 6.04 Å². The molecule has 2 bridgehead atoms. The van der Waals surface area contributed by atoms with Crippen LogP contribution in [0.3, 0.4) is 0 Å². The van der Waals surface area contributed by atoms with Gasteiger partial charge in [-0.05, 0) is 48.9 Å². The fourth-order valence-electron chi connectivity index (χ4n) is 2.74. The summed E-state index contributed by atoms with van der Waals surface area (Å²) in [7, 11) is 0. The first-order valence-corrected chi connectivity index (χ1v) is 5.77. The molecule has 2 unspecified atom stereocenters. The zero-order valence-electron chi connectivity index (χ0n) is 8.82. The van der Waals surface area contributed by atoms with Gasteiger partial charge >= 0.3 is 0 Å². The van der Waals surface area contributed by atoms with Crippen LogP contribution in [0.4, 0.5) is 0 Å². The fourth-order valence-corrected chi connectivity index (χ4v) is 2.74. The number of rotatable bonds is 1. The molecule has 1 fully saturated rings. The first kappa shape index (κ1) is 9.10. The first-order chi connectivity index (χ1) is 7.43. The largest absolute Gasteiger partial charge is 0.310 e. The minimum absolute atomic E-state index is 0.571. The predicted molar refractivity (Wildman–Crippen MR) is 61.3 cm³/mol. The Hall–Kier alpha value is -1.15. The molecule has 1 saturated heterocycles. The molecule has 0 aromatic carbocycles. The topological polar surface area (TPSA) is 24.9 Å². The van der Waals surface area contributed by atoms with Gasteiger partial charge in [-0.1, -0.05) is 12.1 Å². The quantitative estimate of drug-likeness (QED) is 0.752. The number of piperidine rings is 1. The van der Waals surface area contributed by atoms with Crippen LogP contribution in [0, 0.1) is 5.92 Å². The molecule has 0 saturated carbocycles. The molecular weight excluding hydrogens is 184 g/mol. The number of pyridine rings is 1. The highest BCUT2D eigenvalue weighted by atomic mass is 14.9. The van der Waals surface area contributed by atoms with Gasteiger partial charge in [-0.25, -0.2) is 0 Å². The van der Waals surface area contributed by atoms with E-state index in [4.69, 9.17) is 0 Å². The van der Waals surface area contributed by atoms with E-state index in [9.17, 15) is 0 Å². The van der Waals surface area contributed by atoms with Crippen LogP contribution in [0.15, 0.2) is 30.6 Å². The third kappa shape index (κ3) is 1.70. The van der Waals surface area contributed by atoms with Crippen LogP contribution in [0.1, 0.15) is 24.8 Å². The van der Waals surface area contributed by atoms with Crippen molar-refractivity contribution >= 4 is 5.57 Å². The standard InChI is InChI=1S/C13H16N2/c1-2-11(9-14-6-1)12-4-3-10-5-7-15-13(12)8-10/h1-2,4,6,9-10,13,15H,3,5,7-8H2. The zero-order valence-corrected chi connectivity index (χ0v) is 8.82. The maximum Gasteiger partial charge on any atom is 0.0343 e. The third-order valence-corrected chi connectivity index (χ3v) is 3.55. The van der Waals surface area contributed by atoms with E-state index < -0.39 is 0 Å². The Labute approximate surface area is 90.4 Å². The number of hydrogen-bond donors (Lipinski definition) is 1. The van der Waals surface area contributed by atoms with Gasteiger partial charge in [0.15, 0.2) is 0 Å². The second-order valence-corrected chi connectivity index (χ2v) is 4.53. The van der Waals surface area contributed by atoms with Crippen LogP contribution in [0.2, 0.25) is 0 Å². The molecule has 1 N–H and O–H groups in total. The normalized spacial score (nSPS) is 29.7. The summed E-state index contributed by atoms with van der Waals surface area (Å²) in [5, 5.41) is 3.60. The predicted octanol–water partition coefficient (Wildman–Crippen LogP) is 2.24. The number of allylic oxidation sites excluding steroid dienone is 1. The molecule has 1 aromatic rings.